The lowest BCUT2D eigenvalue weighted by Crippen LogP contribution is -2.47. The van der Waals surface area contributed by atoms with Crippen molar-refractivity contribution in [1.29, 1.82) is 0 Å². The molecule has 1 aromatic carbocycles. The summed E-state index contributed by atoms with van der Waals surface area (Å²) in [4.78, 5) is 4.95. The van der Waals surface area contributed by atoms with Gasteiger partial charge in [-0.2, -0.15) is 0 Å². The molecule has 2 aliphatic rings. The Morgan fingerprint density at radius 3 is 2.50 bits per heavy atom. The highest BCUT2D eigenvalue weighted by Gasteiger charge is 2.31. The first-order valence-electron chi connectivity index (χ1n) is 6.76. The molecule has 0 atom stereocenters. The molecule has 1 aliphatic heterocycles. The number of nitrogens with two attached hydrogens (primary N) is 1. The van der Waals surface area contributed by atoms with E-state index in [-0.39, 0.29) is 6.61 Å². The molecular weight excluding hydrogens is 226 g/mol. The molecule has 1 aromatic rings. The van der Waals surface area contributed by atoms with Gasteiger partial charge in [0.1, 0.15) is 0 Å². The van der Waals surface area contributed by atoms with Crippen molar-refractivity contribution in [2.24, 2.45) is 0 Å². The van der Waals surface area contributed by atoms with Crippen LogP contribution in [0.15, 0.2) is 18.2 Å². The van der Waals surface area contributed by atoms with Gasteiger partial charge in [0.25, 0.3) is 0 Å². The van der Waals surface area contributed by atoms with Crippen molar-refractivity contribution >= 4 is 11.4 Å². The summed E-state index contributed by atoms with van der Waals surface area (Å²) < 4.78 is 0. The fourth-order valence-electron chi connectivity index (χ4n) is 2.81. The van der Waals surface area contributed by atoms with Crippen molar-refractivity contribution in [3.63, 3.8) is 0 Å². The Hall–Kier alpha value is -1.26. The molecule has 1 heterocycles. The third-order valence-electron chi connectivity index (χ3n) is 3.99. The van der Waals surface area contributed by atoms with E-state index >= 15 is 0 Å². The number of piperazine rings is 1. The van der Waals surface area contributed by atoms with Crippen molar-refractivity contribution in [1.82, 2.24) is 4.90 Å². The summed E-state index contributed by atoms with van der Waals surface area (Å²) in [5.41, 5.74) is 8.57. The number of hydrogen-bond acceptors (Lipinski definition) is 4. The van der Waals surface area contributed by atoms with Gasteiger partial charge in [0.05, 0.1) is 6.61 Å². The average Bonchev–Trinajstić information content (AvgIpc) is 3.23. The fourth-order valence-corrected chi connectivity index (χ4v) is 2.81. The van der Waals surface area contributed by atoms with Gasteiger partial charge in [0, 0.05) is 49.2 Å². The van der Waals surface area contributed by atoms with Crippen LogP contribution in [0.4, 0.5) is 11.4 Å². The zero-order valence-electron chi connectivity index (χ0n) is 10.7. The molecule has 98 valence electrons. The van der Waals surface area contributed by atoms with Crippen LogP contribution in [0.5, 0.6) is 0 Å². The third-order valence-corrected chi connectivity index (χ3v) is 3.99. The molecule has 3 N–H and O–H groups in total. The third kappa shape index (κ3) is 2.31. The van der Waals surface area contributed by atoms with Crippen molar-refractivity contribution < 1.29 is 5.11 Å². The van der Waals surface area contributed by atoms with Gasteiger partial charge in [0.2, 0.25) is 0 Å². The molecule has 0 aromatic heterocycles. The topological polar surface area (TPSA) is 52.7 Å². The van der Waals surface area contributed by atoms with Crippen LogP contribution in [0.1, 0.15) is 18.4 Å². The van der Waals surface area contributed by atoms with Gasteiger partial charge >= 0.3 is 0 Å². The number of rotatable bonds is 3. The van der Waals surface area contributed by atoms with Crippen molar-refractivity contribution in [3.05, 3.63) is 23.8 Å². The van der Waals surface area contributed by atoms with E-state index in [1.807, 2.05) is 18.2 Å². The summed E-state index contributed by atoms with van der Waals surface area (Å²) in [5.74, 6) is 0. The maximum absolute atomic E-state index is 9.43. The molecule has 0 radical (unpaired) electrons. The molecule has 4 heteroatoms. The summed E-state index contributed by atoms with van der Waals surface area (Å²) in [5, 5.41) is 9.43. The molecule has 1 saturated heterocycles. The van der Waals surface area contributed by atoms with E-state index in [1.54, 1.807) is 0 Å². The molecule has 2 fully saturated rings. The Kier molecular flexibility index (Phi) is 3.14. The number of hydrogen-bond donors (Lipinski definition) is 2. The standard InChI is InChI=1S/C14H21N3O/c15-12-1-4-14(11(9-12)10-18)17-7-5-16(6-8-17)13-2-3-13/h1,4,9,13,18H,2-3,5-8,10,15H2. The minimum atomic E-state index is 0.0587. The van der Waals surface area contributed by atoms with Crippen molar-refractivity contribution in [2.45, 2.75) is 25.5 Å². The maximum atomic E-state index is 9.43. The lowest BCUT2D eigenvalue weighted by molar-refractivity contribution is 0.246. The lowest BCUT2D eigenvalue weighted by Gasteiger charge is -2.37. The van der Waals surface area contributed by atoms with E-state index < -0.39 is 0 Å². The maximum Gasteiger partial charge on any atom is 0.0702 e. The molecular formula is C14H21N3O. The van der Waals surface area contributed by atoms with Gasteiger partial charge in [-0.25, -0.2) is 0 Å². The van der Waals surface area contributed by atoms with Gasteiger partial charge in [0.15, 0.2) is 0 Å². The highest BCUT2D eigenvalue weighted by atomic mass is 16.3. The minimum Gasteiger partial charge on any atom is -0.399 e. The van der Waals surface area contributed by atoms with Gasteiger partial charge in [-0.3, -0.25) is 4.90 Å². The summed E-state index contributed by atoms with van der Waals surface area (Å²) in [7, 11) is 0. The fraction of sp³-hybridized carbons (Fsp3) is 0.571. The number of anilines is 2. The average molecular weight is 247 g/mol. The van der Waals surface area contributed by atoms with E-state index in [0.717, 1.165) is 49.2 Å². The number of aliphatic hydroxyl groups is 1. The van der Waals surface area contributed by atoms with Crippen molar-refractivity contribution in [3.8, 4) is 0 Å². The SMILES string of the molecule is Nc1ccc(N2CCN(C3CC3)CC2)c(CO)c1. The first-order valence-corrected chi connectivity index (χ1v) is 6.76. The normalized spacial score (nSPS) is 21.3. The van der Waals surface area contributed by atoms with E-state index in [9.17, 15) is 5.11 Å². The first kappa shape index (κ1) is 11.8. The number of nitrogen functional groups attached to an aromatic ring is 1. The summed E-state index contributed by atoms with van der Waals surface area (Å²) >= 11 is 0. The van der Waals surface area contributed by atoms with E-state index in [2.05, 4.69) is 9.80 Å². The molecule has 0 spiro atoms. The van der Waals surface area contributed by atoms with Gasteiger partial charge in [-0.05, 0) is 31.0 Å². The predicted octanol–water partition coefficient (Wildman–Crippen LogP) is 1.05. The Morgan fingerprint density at radius 1 is 1.17 bits per heavy atom. The molecule has 4 nitrogen and oxygen atoms in total. The zero-order valence-corrected chi connectivity index (χ0v) is 10.7. The second-order valence-corrected chi connectivity index (χ2v) is 5.30. The van der Waals surface area contributed by atoms with Crippen LogP contribution in [0.3, 0.4) is 0 Å². The number of benzene rings is 1. The molecule has 18 heavy (non-hydrogen) atoms. The molecule has 0 bridgehead atoms. The predicted molar refractivity (Wildman–Crippen MR) is 73.6 cm³/mol. The number of aliphatic hydroxyl groups excluding tert-OH is 1. The summed E-state index contributed by atoms with van der Waals surface area (Å²) in [6.45, 7) is 4.43. The van der Waals surface area contributed by atoms with Crippen LogP contribution in [0, 0.1) is 0 Å². The summed E-state index contributed by atoms with van der Waals surface area (Å²) in [6.07, 6.45) is 2.76. The van der Waals surface area contributed by atoms with Crippen LogP contribution in [-0.4, -0.2) is 42.2 Å². The Bertz CT molecular complexity index is 423. The largest absolute Gasteiger partial charge is 0.399 e. The van der Waals surface area contributed by atoms with Gasteiger partial charge < -0.3 is 15.7 Å². The van der Waals surface area contributed by atoms with E-state index in [4.69, 9.17) is 5.73 Å². The monoisotopic (exact) mass is 247 g/mol. The minimum absolute atomic E-state index is 0.0587. The van der Waals surface area contributed by atoms with Crippen LogP contribution in [-0.2, 0) is 6.61 Å². The Labute approximate surface area is 108 Å². The highest BCUT2D eigenvalue weighted by Crippen LogP contribution is 2.29. The van der Waals surface area contributed by atoms with Crippen molar-refractivity contribution in [2.75, 3.05) is 36.8 Å². The second kappa shape index (κ2) is 4.78. The molecule has 1 saturated carbocycles. The van der Waals surface area contributed by atoms with E-state index in [1.165, 1.54) is 12.8 Å². The molecule has 0 amide bonds. The smallest absolute Gasteiger partial charge is 0.0702 e. The zero-order chi connectivity index (χ0) is 12.5. The van der Waals surface area contributed by atoms with Gasteiger partial charge in [-0.15, -0.1) is 0 Å². The first-order chi connectivity index (χ1) is 8.78. The highest BCUT2D eigenvalue weighted by molar-refractivity contribution is 5.59. The second-order valence-electron chi connectivity index (χ2n) is 5.30. The van der Waals surface area contributed by atoms with E-state index in [0.29, 0.717) is 0 Å². The van der Waals surface area contributed by atoms with Crippen LogP contribution >= 0.6 is 0 Å². The molecule has 1 aliphatic carbocycles. The Balaban J connectivity index is 1.71. The lowest BCUT2D eigenvalue weighted by atomic mass is 10.1. The number of nitrogens with zero attached hydrogens (tertiary/aromatic N) is 2. The molecule has 0 unspecified atom stereocenters. The van der Waals surface area contributed by atoms with Crippen LogP contribution in [0.2, 0.25) is 0 Å². The van der Waals surface area contributed by atoms with Crippen LogP contribution < -0.4 is 10.6 Å². The van der Waals surface area contributed by atoms with Gasteiger partial charge in [-0.1, -0.05) is 0 Å². The van der Waals surface area contributed by atoms with Crippen LogP contribution in [0.25, 0.3) is 0 Å². The quantitative estimate of drug-likeness (QED) is 0.784. The molecule has 3 rings (SSSR count). The summed E-state index contributed by atoms with van der Waals surface area (Å²) in [6, 6.07) is 6.69. The Morgan fingerprint density at radius 2 is 1.89 bits per heavy atom.